The second-order valence-electron chi connectivity index (χ2n) is 7.85. The first kappa shape index (κ1) is 32.9. The highest BCUT2D eigenvalue weighted by atomic mass is 32.2. The second-order valence-corrected chi connectivity index (χ2v) is 9.47. The highest BCUT2D eigenvalue weighted by Gasteiger charge is 2.13. The predicted molar refractivity (Wildman–Crippen MR) is 135 cm³/mol. The summed E-state index contributed by atoms with van der Waals surface area (Å²) in [5.74, 6) is 0.590. The molecule has 0 heterocycles. The van der Waals surface area contributed by atoms with Crippen LogP contribution in [0.3, 0.4) is 0 Å². The molecule has 0 aliphatic rings. The van der Waals surface area contributed by atoms with Gasteiger partial charge in [-0.25, -0.2) is 0 Å². The van der Waals surface area contributed by atoms with Crippen molar-refractivity contribution in [2.24, 2.45) is 5.92 Å². The van der Waals surface area contributed by atoms with E-state index in [4.69, 9.17) is 37.3 Å². The van der Waals surface area contributed by atoms with Gasteiger partial charge in [0.25, 0.3) is 10.1 Å². The van der Waals surface area contributed by atoms with Gasteiger partial charge in [-0.15, -0.1) is 0 Å². The van der Waals surface area contributed by atoms with Gasteiger partial charge in [0.05, 0.1) is 97.4 Å². The largest absolute Gasteiger partial charge is 0.379 e. The molecule has 10 nitrogen and oxygen atoms in total. The zero-order chi connectivity index (χ0) is 26.2. The van der Waals surface area contributed by atoms with E-state index in [0.717, 1.165) is 13.0 Å². The van der Waals surface area contributed by atoms with Crippen molar-refractivity contribution in [1.29, 1.82) is 0 Å². The fourth-order valence-corrected chi connectivity index (χ4v) is 3.49. The van der Waals surface area contributed by atoms with Crippen LogP contribution in [0.15, 0.2) is 35.2 Å². The maximum absolute atomic E-state index is 11.9. The van der Waals surface area contributed by atoms with E-state index in [2.05, 4.69) is 13.8 Å². The van der Waals surface area contributed by atoms with Gasteiger partial charge in [0.15, 0.2) is 0 Å². The topological polar surface area (TPSA) is 108 Å². The van der Waals surface area contributed by atoms with Gasteiger partial charge in [-0.3, -0.25) is 4.18 Å². The minimum atomic E-state index is -3.74. The zero-order valence-corrected chi connectivity index (χ0v) is 22.6. The van der Waals surface area contributed by atoms with E-state index in [1.165, 1.54) is 12.1 Å². The van der Waals surface area contributed by atoms with E-state index in [1.807, 2.05) is 0 Å². The van der Waals surface area contributed by atoms with Crippen LogP contribution in [0.4, 0.5) is 0 Å². The third-order valence-electron chi connectivity index (χ3n) is 4.83. The average molecular weight is 537 g/mol. The van der Waals surface area contributed by atoms with Crippen LogP contribution in [0.1, 0.15) is 20.3 Å². The van der Waals surface area contributed by atoms with Crippen LogP contribution >= 0.6 is 0 Å². The van der Waals surface area contributed by atoms with E-state index in [-0.39, 0.29) is 18.1 Å². The Kier molecular flexibility index (Phi) is 21.0. The summed E-state index contributed by atoms with van der Waals surface area (Å²) in [6.45, 7) is 11.1. The molecule has 1 rings (SSSR count). The Bertz CT molecular complexity index is 702. The molecule has 1 unspecified atom stereocenters. The van der Waals surface area contributed by atoms with Crippen molar-refractivity contribution >= 4 is 10.1 Å². The molecule has 0 aliphatic heterocycles. The minimum absolute atomic E-state index is 0.0484. The van der Waals surface area contributed by atoms with Crippen LogP contribution in [0, 0.1) is 5.92 Å². The number of rotatable bonds is 26. The fraction of sp³-hybridized carbons (Fsp3) is 0.760. The molecule has 0 spiro atoms. The molecule has 0 aromatic heterocycles. The van der Waals surface area contributed by atoms with E-state index in [0.29, 0.717) is 85.2 Å². The lowest BCUT2D eigenvalue weighted by Crippen LogP contribution is -2.15. The first-order chi connectivity index (χ1) is 17.6. The molecule has 1 aromatic rings. The molecule has 0 N–H and O–H groups in total. The van der Waals surface area contributed by atoms with E-state index < -0.39 is 10.1 Å². The monoisotopic (exact) mass is 536 g/mol. The van der Waals surface area contributed by atoms with Crippen LogP contribution in [-0.4, -0.2) is 108 Å². The van der Waals surface area contributed by atoms with Gasteiger partial charge in [-0.05, 0) is 18.1 Å². The molecule has 1 atom stereocenters. The number of benzene rings is 1. The van der Waals surface area contributed by atoms with Gasteiger partial charge in [0.1, 0.15) is 0 Å². The van der Waals surface area contributed by atoms with Crippen LogP contribution in [-0.2, 0) is 47.5 Å². The standard InChI is InChI=1S/C25H44O10S/c1-3-24(2)23-34-20-19-32-16-15-30-12-11-28-9-10-29-13-14-31-17-18-33-21-22-35-36(26,27)25-7-5-4-6-8-25/h4-8,24H,3,9-23H2,1-2H3. The Balaban J connectivity index is 1.73. The molecular weight excluding hydrogens is 492 g/mol. The maximum Gasteiger partial charge on any atom is 0.297 e. The van der Waals surface area contributed by atoms with Crippen molar-refractivity contribution in [2.45, 2.75) is 25.2 Å². The van der Waals surface area contributed by atoms with Gasteiger partial charge in [0, 0.05) is 6.61 Å². The first-order valence-electron chi connectivity index (χ1n) is 12.5. The van der Waals surface area contributed by atoms with Crippen LogP contribution in [0.25, 0.3) is 0 Å². The van der Waals surface area contributed by atoms with E-state index >= 15 is 0 Å². The Hall–Kier alpha value is -1.15. The summed E-state index contributed by atoms with van der Waals surface area (Å²) in [4.78, 5) is 0.127. The normalized spacial score (nSPS) is 12.7. The lowest BCUT2D eigenvalue weighted by Gasteiger charge is -2.10. The Morgan fingerprint density at radius 3 is 1.33 bits per heavy atom. The molecule has 0 aliphatic carbocycles. The molecule has 0 saturated heterocycles. The average Bonchev–Trinajstić information content (AvgIpc) is 2.89. The number of ether oxygens (including phenoxy) is 7. The Labute approximate surface area is 216 Å². The van der Waals surface area contributed by atoms with Crippen LogP contribution in [0.2, 0.25) is 0 Å². The minimum Gasteiger partial charge on any atom is -0.379 e. The van der Waals surface area contributed by atoms with Gasteiger partial charge in [-0.2, -0.15) is 8.42 Å². The molecule has 0 fully saturated rings. The maximum atomic E-state index is 11.9. The summed E-state index contributed by atoms with van der Waals surface area (Å²) in [6, 6.07) is 7.99. The summed E-state index contributed by atoms with van der Waals surface area (Å²) in [7, 11) is -3.74. The SMILES string of the molecule is CCC(C)COCCOCCOCCOCCOCCOCCOCCOS(=O)(=O)c1ccccc1. The molecule has 210 valence electrons. The van der Waals surface area contributed by atoms with Gasteiger partial charge >= 0.3 is 0 Å². The molecule has 0 bridgehead atoms. The molecule has 1 aromatic carbocycles. The van der Waals surface area contributed by atoms with Gasteiger partial charge < -0.3 is 33.2 Å². The van der Waals surface area contributed by atoms with Crippen molar-refractivity contribution < 1.29 is 45.8 Å². The Morgan fingerprint density at radius 2 is 0.944 bits per heavy atom. The summed E-state index contributed by atoms with van der Waals surface area (Å²) >= 11 is 0. The fourth-order valence-electron chi connectivity index (χ4n) is 2.58. The number of hydrogen-bond acceptors (Lipinski definition) is 10. The van der Waals surface area contributed by atoms with E-state index in [1.54, 1.807) is 18.2 Å². The lowest BCUT2D eigenvalue weighted by molar-refractivity contribution is -0.0220. The van der Waals surface area contributed by atoms with Crippen LogP contribution < -0.4 is 0 Å². The van der Waals surface area contributed by atoms with Crippen molar-refractivity contribution in [3.05, 3.63) is 30.3 Å². The van der Waals surface area contributed by atoms with Crippen molar-refractivity contribution in [3.63, 3.8) is 0 Å². The molecule has 11 heteroatoms. The van der Waals surface area contributed by atoms with E-state index in [9.17, 15) is 8.42 Å². The summed E-state index contributed by atoms with van der Waals surface area (Å²) in [5, 5.41) is 0. The van der Waals surface area contributed by atoms with Crippen molar-refractivity contribution in [2.75, 3.05) is 99.1 Å². The third kappa shape index (κ3) is 19.0. The predicted octanol–water partition coefficient (Wildman–Crippen LogP) is 2.55. The summed E-state index contributed by atoms with van der Waals surface area (Å²) < 4.78 is 66.7. The zero-order valence-electron chi connectivity index (χ0n) is 21.8. The van der Waals surface area contributed by atoms with Crippen molar-refractivity contribution in [1.82, 2.24) is 0 Å². The smallest absolute Gasteiger partial charge is 0.297 e. The molecular formula is C25H44O10S. The Morgan fingerprint density at radius 1 is 0.583 bits per heavy atom. The highest BCUT2D eigenvalue weighted by Crippen LogP contribution is 2.10. The molecule has 0 radical (unpaired) electrons. The number of hydrogen-bond donors (Lipinski definition) is 0. The summed E-state index contributed by atoms with van der Waals surface area (Å²) in [6.07, 6.45) is 1.13. The second kappa shape index (κ2) is 23.0. The lowest BCUT2D eigenvalue weighted by atomic mass is 10.1. The third-order valence-corrected chi connectivity index (χ3v) is 6.16. The molecule has 0 amide bonds. The van der Waals surface area contributed by atoms with Gasteiger partial charge in [-0.1, -0.05) is 38.5 Å². The highest BCUT2D eigenvalue weighted by molar-refractivity contribution is 7.86. The van der Waals surface area contributed by atoms with Gasteiger partial charge in [0.2, 0.25) is 0 Å². The molecule has 36 heavy (non-hydrogen) atoms. The first-order valence-corrected chi connectivity index (χ1v) is 14.0. The quantitative estimate of drug-likeness (QED) is 0.129. The molecule has 0 saturated carbocycles. The van der Waals surface area contributed by atoms with Crippen molar-refractivity contribution in [3.8, 4) is 0 Å². The van der Waals surface area contributed by atoms with Crippen LogP contribution in [0.5, 0.6) is 0 Å². The summed E-state index contributed by atoms with van der Waals surface area (Å²) in [5.41, 5.74) is 0.